The van der Waals surface area contributed by atoms with E-state index in [0.29, 0.717) is 30.4 Å². The van der Waals surface area contributed by atoms with Crippen molar-refractivity contribution >= 4 is 17.3 Å². The second-order valence-corrected chi connectivity index (χ2v) is 4.23. The SMILES string of the molecule is CCc1nnc(CNc2ccc(OC(F)F)c(Cl)c2)o1. The molecule has 2 rings (SSSR count). The number of anilines is 1. The summed E-state index contributed by atoms with van der Waals surface area (Å²) in [6.45, 7) is -0.679. The fourth-order valence-electron chi connectivity index (χ4n) is 1.48. The lowest BCUT2D eigenvalue weighted by Gasteiger charge is -2.09. The van der Waals surface area contributed by atoms with Crippen LogP contribution in [-0.2, 0) is 13.0 Å². The maximum absolute atomic E-state index is 12.1. The number of halogens is 3. The highest BCUT2D eigenvalue weighted by Gasteiger charge is 2.09. The Hall–Kier alpha value is -1.89. The van der Waals surface area contributed by atoms with Crippen LogP contribution < -0.4 is 10.1 Å². The molecule has 2 aromatic rings. The van der Waals surface area contributed by atoms with Crippen LogP contribution >= 0.6 is 11.6 Å². The van der Waals surface area contributed by atoms with Crippen LogP contribution in [0.1, 0.15) is 18.7 Å². The molecular weight excluding hydrogens is 292 g/mol. The number of nitrogens with zero attached hydrogens (tertiary/aromatic N) is 2. The standard InChI is InChI=1S/C12H12ClF2N3O2/c1-2-10-17-18-11(20-10)6-16-7-3-4-9(8(13)5-7)19-12(14)15/h3-5,12,16H,2,6H2,1H3. The topological polar surface area (TPSA) is 60.2 Å². The van der Waals surface area contributed by atoms with Crippen molar-refractivity contribution < 1.29 is 17.9 Å². The van der Waals surface area contributed by atoms with Crippen LogP contribution in [0.5, 0.6) is 5.75 Å². The minimum Gasteiger partial charge on any atom is -0.433 e. The Bertz CT molecular complexity index is 578. The van der Waals surface area contributed by atoms with E-state index < -0.39 is 6.61 Å². The average Bonchev–Trinajstić information content (AvgIpc) is 2.87. The summed E-state index contributed by atoms with van der Waals surface area (Å²) in [5.74, 6) is 0.921. The molecule has 1 aromatic carbocycles. The van der Waals surface area contributed by atoms with Gasteiger partial charge in [-0.05, 0) is 18.2 Å². The molecule has 108 valence electrons. The van der Waals surface area contributed by atoms with Crippen LogP contribution in [0.3, 0.4) is 0 Å². The van der Waals surface area contributed by atoms with Gasteiger partial charge in [0.2, 0.25) is 11.8 Å². The molecule has 1 aromatic heterocycles. The van der Waals surface area contributed by atoms with Crippen molar-refractivity contribution in [2.24, 2.45) is 0 Å². The third-order valence-corrected chi connectivity index (χ3v) is 2.70. The van der Waals surface area contributed by atoms with Crippen LogP contribution in [0.15, 0.2) is 22.6 Å². The quantitative estimate of drug-likeness (QED) is 0.885. The van der Waals surface area contributed by atoms with Crippen LogP contribution in [-0.4, -0.2) is 16.8 Å². The summed E-state index contributed by atoms with van der Waals surface area (Å²) in [5, 5.41) is 10.8. The second kappa shape index (κ2) is 6.51. The number of hydrogen-bond donors (Lipinski definition) is 1. The lowest BCUT2D eigenvalue weighted by Crippen LogP contribution is -2.03. The van der Waals surface area contributed by atoms with E-state index in [2.05, 4.69) is 20.3 Å². The monoisotopic (exact) mass is 303 g/mol. The average molecular weight is 304 g/mol. The first kappa shape index (κ1) is 14.5. The molecule has 0 aliphatic heterocycles. The predicted octanol–water partition coefficient (Wildman–Crippen LogP) is 3.50. The maximum atomic E-state index is 12.1. The Labute approximate surface area is 118 Å². The molecular formula is C12H12ClF2N3O2. The Morgan fingerprint density at radius 1 is 1.35 bits per heavy atom. The fourth-order valence-corrected chi connectivity index (χ4v) is 1.71. The number of alkyl halides is 2. The molecule has 0 fully saturated rings. The maximum Gasteiger partial charge on any atom is 0.387 e. The summed E-state index contributed by atoms with van der Waals surface area (Å²) in [6.07, 6.45) is 0.665. The smallest absolute Gasteiger partial charge is 0.387 e. The van der Waals surface area contributed by atoms with E-state index in [1.807, 2.05) is 6.92 Å². The third-order valence-electron chi connectivity index (χ3n) is 2.40. The first-order chi connectivity index (χ1) is 9.58. The van der Waals surface area contributed by atoms with Crippen molar-refractivity contribution in [3.63, 3.8) is 0 Å². The number of nitrogens with one attached hydrogen (secondary N) is 1. The predicted molar refractivity (Wildman–Crippen MR) is 69.1 cm³/mol. The van der Waals surface area contributed by atoms with Crippen molar-refractivity contribution in [3.05, 3.63) is 35.0 Å². The van der Waals surface area contributed by atoms with Gasteiger partial charge >= 0.3 is 6.61 Å². The largest absolute Gasteiger partial charge is 0.433 e. The summed E-state index contributed by atoms with van der Waals surface area (Å²) < 4.78 is 33.7. The van der Waals surface area contributed by atoms with Gasteiger partial charge in [-0.25, -0.2) is 0 Å². The van der Waals surface area contributed by atoms with Gasteiger partial charge in [0, 0.05) is 12.1 Å². The van der Waals surface area contributed by atoms with E-state index >= 15 is 0 Å². The van der Waals surface area contributed by atoms with Gasteiger partial charge in [0.05, 0.1) is 11.6 Å². The van der Waals surface area contributed by atoms with Crippen molar-refractivity contribution in [2.45, 2.75) is 26.5 Å². The molecule has 1 N–H and O–H groups in total. The van der Waals surface area contributed by atoms with Crippen molar-refractivity contribution in [2.75, 3.05) is 5.32 Å². The number of hydrogen-bond acceptors (Lipinski definition) is 5. The van der Waals surface area contributed by atoms with Crippen molar-refractivity contribution in [1.82, 2.24) is 10.2 Å². The van der Waals surface area contributed by atoms with E-state index in [0.717, 1.165) is 0 Å². The summed E-state index contributed by atoms with van der Waals surface area (Å²) in [4.78, 5) is 0. The zero-order valence-corrected chi connectivity index (χ0v) is 11.3. The lowest BCUT2D eigenvalue weighted by atomic mass is 10.3. The van der Waals surface area contributed by atoms with Gasteiger partial charge in [-0.2, -0.15) is 8.78 Å². The van der Waals surface area contributed by atoms with E-state index in [4.69, 9.17) is 16.0 Å². The molecule has 0 aliphatic rings. The summed E-state index contributed by atoms with van der Waals surface area (Å²) in [5.41, 5.74) is 0.632. The minimum atomic E-state index is -2.91. The van der Waals surface area contributed by atoms with Crippen molar-refractivity contribution in [1.29, 1.82) is 0 Å². The van der Waals surface area contributed by atoms with Crippen LogP contribution in [0.25, 0.3) is 0 Å². The van der Waals surface area contributed by atoms with E-state index in [9.17, 15) is 8.78 Å². The second-order valence-electron chi connectivity index (χ2n) is 3.82. The molecule has 20 heavy (non-hydrogen) atoms. The third kappa shape index (κ3) is 3.80. The normalized spacial score (nSPS) is 10.8. The first-order valence-corrected chi connectivity index (χ1v) is 6.25. The molecule has 5 nitrogen and oxygen atoms in total. The van der Waals surface area contributed by atoms with Gasteiger partial charge in [0.15, 0.2) is 0 Å². The molecule has 1 heterocycles. The fraction of sp³-hybridized carbons (Fsp3) is 0.333. The lowest BCUT2D eigenvalue weighted by molar-refractivity contribution is -0.0497. The molecule has 0 bridgehead atoms. The molecule has 0 spiro atoms. The molecule has 0 amide bonds. The zero-order chi connectivity index (χ0) is 14.5. The number of benzene rings is 1. The number of ether oxygens (including phenoxy) is 1. The van der Waals surface area contributed by atoms with Crippen LogP contribution in [0, 0.1) is 0 Å². The number of aryl methyl sites for hydroxylation is 1. The number of aromatic nitrogens is 2. The van der Waals surface area contributed by atoms with Gasteiger partial charge < -0.3 is 14.5 Å². The van der Waals surface area contributed by atoms with Crippen LogP contribution in [0.4, 0.5) is 14.5 Å². The molecule has 0 aliphatic carbocycles. The van der Waals surface area contributed by atoms with Gasteiger partial charge in [0.1, 0.15) is 5.75 Å². The molecule has 0 atom stereocenters. The van der Waals surface area contributed by atoms with Crippen molar-refractivity contribution in [3.8, 4) is 5.75 Å². The van der Waals surface area contributed by atoms with Gasteiger partial charge in [-0.15, -0.1) is 10.2 Å². The molecule has 0 unspecified atom stereocenters. The molecule has 8 heteroatoms. The molecule has 0 saturated heterocycles. The Morgan fingerprint density at radius 3 is 2.70 bits per heavy atom. The van der Waals surface area contributed by atoms with E-state index in [-0.39, 0.29) is 10.8 Å². The highest BCUT2D eigenvalue weighted by Crippen LogP contribution is 2.29. The highest BCUT2D eigenvalue weighted by molar-refractivity contribution is 6.32. The van der Waals surface area contributed by atoms with Gasteiger partial charge in [0.25, 0.3) is 0 Å². The van der Waals surface area contributed by atoms with E-state index in [1.165, 1.54) is 12.1 Å². The highest BCUT2D eigenvalue weighted by atomic mass is 35.5. The Kier molecular flexibility index (Phi) is 4.73. The Balaban J connectivity index is 1.97. The Morgan fingerprint density at radius 2 is 2.10 bits per heavy atom. The summed E-state index contributed by atoms with van der Waals surface area (Å²) >= 11 is 5.83. The van der Waals surface area contributed by atoms with Crippen LogP contribution in [0.2, 0.25) is 5.02 Å². The minimum absolute atomic E-state index is 0.0710. The molecule has 0 saturated carbocycles. The number of rotatable bonds is 6. The van der Waals surface area contributed by atoms with Gasteiger partial charge in [-0.3, -0.25) is 0 Å². The summed E-state index contributed by atoms with van der Waals surface area (Å²) in [7, 11) is 0. The molecule has 0 radical (unpaired) electrons. The first-order valence-electron chi connectivity index (χ1n) is 5.88. The van der Waals surface area contributed by atoms with E-state index in [1.54, 1.807) is 6.07 Å². The zero-order valence-electron chi connectivity index (χ0n) is 10.6. The summed E-state index contributed by atoms with van der Waals surface area (Å²) in [6, 6.07) is 4.42. The van der Waals surface area contributed by atoms with Gasteiger partial charge in [-0.1, -0.05) is 18.5 Å².